The van der Waals surface area contributed by atoms with Gasteiger partial charge in [-0.1, -0.05) is 12.1 Å². The Morgan fingerprint density at radius 2 is 2.19 bits per heavy atom. The van der Waals surface area contributed by atoms with Crippen molar-refractivity contribution in [3.8, 4) is 23.6 Å². The Hall–Kier alpha value is -3.19. The largest absolute Gasteiger partial charge is 0.493 e. The predicted octanol–water partition coefficient (Wildman–Crippen LogP) is 0.490. The van der Waals surface area contributed by atoms with Crippen LogP contribution in [0.1, 0.15) is 11.5 Å². The van der Waals surface area contributed by atoms with Crippen molar-refractivity contribution in [1.29, 1.82) is 10.5 Å². The van der Waals surface area contributed by atoms with Crippen LogP contribution in [-0.4, -0.2) is 13.0 Å². The van der Waals surface area contributed by atoms with Crippen LogP contribution >= 0.6 is 0 Å². The minimum Gasteiger partial charge on any atom is -0.493 e. The number of para-hydroxylation sites is 1. The molecule has 0 saturated heterocycles. The molecule has 0 spiro atoms. The Morgan fingerprint density at radius 3 is 2.71 bits per heavy atom. The molecule has 2 atom stereocenters. The minimum absolute atomic E-state index is 0.00102. The number of carbonyl (C=O) groups is 1. The molecule has 2 rings (SSSR count). The molecule has 7 nitrogen and oxygen atoms in total. The first-order valence-electron chi connectivity index (χ1n) is 5.98. The third kappa shape index (κ3) is 2.21. The van der Waals surface area contributed by atoms with Crippen LogP contribution in [0.25, 0.3) is 0 Å². The summed E-state index contributed by atoms with van der Waals surface area (Å²) in [5, 5.41) is 18.5. The number of fused-ring (bicyclic) bond motifs is 1. The summed E-state index contributed by atoms with van der Waals surface area (Å²) in [6.45, 7) is 0. The summed E-state index contributed by atoms with van der Waals surface area (Å²) in [7, 11) is 1.45. The molecule has 1 aliphatic rings. The average Bonchev–Trinajstić information content (AvgIpc) is 2.47. The zero-order valence-corrected chi connectivity index (χ0v) is 11.2. The number of benzene rings is 1. The van der Waals surface area contributed by atoms with E-state index in [1.165, 1.54) is 7.11 Å². The lowest BCUT2D eigenvalue weighted by molar-refractivity contribution is -0.120. The Balaban J connectivity index is 2.71. The first-order valence-corrected chi connectivity index (χ1v) is 5.98. The number of nitrogens with two attached hydrogens (primary N) is 2. The highest BCUT2D eigenvalue weighted by Crippen LogP contribution is 2.46. The highest BCUT2D eigenvalue weighted by Gasteiger charge is 2.39. The highest BCUT2D eigenvalue weighted by atomic mass is 16.5. The van der Waals surface area contributed by atoms with Crippen LogP contribution in [-0.2, 0) is 4.79 Å². The van der Waals surface area contributed by atoms with Gasteiger partial charge in [0.05, 0.1) is 24.7 Å². The lowest BCUT2D eigenvalue weighted by Crippen LogP contribution is -2.32. The van der Waals surface area contributed by atoms with Crippen LogP contribution < -0.4 is 20.9 Å². The van der Waals surface area contributed by atoms with Crippen molar-refractivity contribution in [2.24, 2.45) is 17.4 Å². The van der Waals surface area contributed by atoms with Crippen molar-refractivity contribution in [1.82, 2.24) is 0 Å². The van der Waals surface area contributed by atoms with Gasteiger partial charge in [0, 0.05) is 5.56 Å². The van der Waals surface area contributed by atoms with Gasteiger partial charge < -0.3 is 20.9 Å². The molecule has 0 bridgehead atoms. The van der Waals surface area contributed by atoms with E-state index in [4.69, 9.17) is 20.9 Å². The summed E-state index contributed by atoms with van der Waals surface area (Å²) in [5.41, 5.74) is 11.5. The highest BCUT2D eigenvalue weighted by molar-refractivity contribution is 5.82. The fraction of sp³-hybridized carbons (Fsp3) is 0.214. The molecule has 1 aromatic rings. The number of hydrogen-bond donors (Lipinski definition) is 2. The van der Waals surface area contributed by atoms with Crippen molar-refractivity contribution in [3.05, 3.63) is 35.2 Å². The second-order valence-corrected chi connectivity index (χ2v) is 4.36. The fourth-order valence-electron chi connectivity index (χ4n) is 2.29. The number of nitriles is 2. The average molecular weight is 284 g/mol. The maximum absolute atomic E-state index is 11.5. The maximum Gasteiger partial charge on any atom is 0.235 e. The first-order chi connectivity index (χ1) is 10.0. The van der Waals surface area contributed by atoms with Crippen molar-refractivity contribution in [2.75, 3.05) is 7.11 Å². The molecule has 0 fully saturated rings. The summed E-state index contributed by atoms with van der Waals surface area (Å²) < 4.78 is 10.6. The van der Waals surface area contributed by atoms with Gasteiger partial charge in [0.1, 0.15) is 12.0 Å². The minimum atomic E-state index is -1.23. The molecular weight excluding hydrogens is 272 g/mol. The molecule has 1 aromatic carbocycles. The molecule has 0 aliphatic carbocycles. The third-order valence-electron chi connectivity index (χ3n) is 3.25. The van der Waals surface area contributed by atoms with Gasteiger partial charge in [0.2, 0.25) is 11.8 Å². The Morgan fingerprint density at radius 1 is 1.48 bits per heavy atom. The lowest BCUT2D eigenvalue weighted by Gasteiger charge is -2.28. The summed E-state index contributed by atoms with van der Waals surface area (Å²) in [6, 6.07) is 8.65. The zero-order chi connectivity index (χ0) is 15.6. The molecule has 2 unspecified atom stereocenters. The van der Waals surface area contributed by atoms with E-state index in [-0.39, 0.29) is 17.2 Å². The van der Waals surface area contributed by atoms with Crippen LogP contribution in [0.2, 0.25) is 0 Å². The van der Waals surface area contributed by atoms with Crippen molar-refractivity contribution < 1.29 is 14.3 Å². The van der Waals surface area contributed by atoms with Gasteiger partial charge in [-0.15, -0.1) is 0 Å². The molecule has 1 heterocycles. The Labute approximate surface area is 121 Å². The number of rotatable bonds is 3. The van der Waals surface area contributed by atoms with Gasteiger partial charge in [0.25, 0.3) is 0 Å². The number of carbonyl (C=O) groups excluding carboxylic acids is 1. The third-order valence-corrected chi connectivity index (χ3v) is 3.25. The summed E-state index contributed by atoms with van der Waals surface area (Å²) in [5.74, 6) is -2.44. The quantitative estimate of drug-likeness (QED) is 0.829. The van der Waals surface area contributed by atoms with E-state index >= 15 is 0 Å². The Kier molecular flexibility index (Phi) is 3.68. The van der Waals surface area contributed by atoms with E-state index in [9.17, 15) is 15.3 Å². The molecule has 7 heteroatoms. The second-order valence-electron chi connectivity index (χ2n) is 4.36. The van der Waals surface area contributed by atoms with E-state index in [0.29, 0.717) is 11.3 Å². The van der Waals surface area contributed by atoms with Gasteiger partial charge in [-0.2, -0.15) is 10.5 Å². The van der Waals surface area contributed by atoms with Gasteiger partial charge in [-0.05, 0) is 6.07 Å². The van der Waals surface area contributed by atoms with Gasteiger partial charge in [-0.25, -0.2) is 0 Å². The Bertz CT molecular complexity index is 712. The lowest BCUT2D eigenvalue weighted by atomic mass is 9.79. The van der Waals surface area contributed by atoms with Crippen molar-refractivity contribution in [2.45, 2.75) is 5.92 Å². The molecule has 1 aliphatic heterocycles. The smallest absolute Gasteiger partial charge is 0.235 e. The number of hydrogen-bond acceptors (Lipinski definition) is 6. The van der Waals surface area contributed by atoms with E-state index in [2.05, 4.69) is 0 Å². The summed E-state index contributed by atoms with van der Waals surface area (Å²) >= 11 is 0. The number of ether oxygens (including phenoxy) is 2. The topological polar surface area (TPSA) is 135 Å². The van der Waals surface area contributed by atoms with Crippen molar-refractivity contribution >= 4 is 5.91 Å². The zero-order valence-electron chi connectivity index (χ0n) is 11.2. The normalized spacial score (nSPS) is 17.8. The number of amides is 1. The van der Waals surface area contributed by atoms with E-state index in [0.717, 1.165) is 0 Å². The molecule has 0 radical (unpaired) electrons. The van der Waals surface area contributed by atoms with Crippen molar-refractivity contribution in [3.63, 3.8) is 0 Å². The number of primary amides is 1. The fourth-order valence-corrected chi connectivity index (χ4v) is 2.29. The maximum atomic E-state index is 11.5. The molecule has 0 aromatic heterocycles. The van der Waals surface area contributed by atoms with Gasteiger partial charge in [0.15, 0.2) is 11.5 Å². The SMILES string of the molecule is COc1cccc2c1OC(N)=C(C#N)C2C(C#N)C(N)=O. The van der Waals surface area contributed by atoms with Crippen LogP contribution in [0.4, 0.5) is 0 Å². The monoisotopic (exact) mass is 284 g/mol. The summed E-state index contributed by atoms with van der Waals surface area (Å²) in [4.78, 5) is 11.5. The molecule has 1 amide bonds. The summed E-state index contributed by atoms with van der Waals surface area (Å²) in [6.07, 6.45) is 0. The molecule has 106 valence electrons. The van der Waals surface area contributed by atoms with Gasteiger partial charge in [-0.3, -0.25) is 4.79 Å². The van der Waals surface area contributed by atoms with E-state index in [1.807, 2.05) is 12.1 Å². The number of nitrogens with zero attached hydrogens (tertiary/aromatic N) is 2. The standard InChI is InChI=1S/C14H12N4O3/c1-20-10-4-2-3-7-11(8(5-15)13(17)19)9(6-16)14(18)21-12(7)10/h2-4,8,11H,18H2,1H3,(H2,17,19). The second kappa shape index (κ2) is 5.43. The predicted molar refractivity (Wildman–Crippen MR) is 71.5 cm³/mol. The van der Waals surface area contributed by atoms with E-state index < -0.39 is 17.7 Å². The van der Waals surface area contributed by atoms with Crippen LogP contribution in [0.15, 0.2) is 29.7 Å². The van der Waals surface area contributed by atoms with Gasteiger partial charge >= 0.3 is 0 Å². The number of allylic oxidation sites excluding steroid dienone is 1. The number of methoxy groups -OCH3 is 1. The molecule has 0 saturated carbocycles. The van der Waals surface area contributed by atoms with Crippen LogP contribution in [0, 0.1) is 28.6 Å². The van der Waals surface area contributed by atoms with E-state index in [1.54, 1.807) is 18.2 Å². The van der Waals surface area contributed by atoms with Crippen LogP contribution in [0.3, 0.4) is 0 Å². The first kappa shape index (κ1) is 14.2. The molecular formula is C14H12N4O3. The molecule has 4 N–H and O–H groups in total. The van der Waals surface area contributed by atoms with Crippen LogP contribution in [0.5, 0.6) is 11.5 Å². The molecule has 21 heavy (non-hydrogen) atoms.